The van der Waals surface area contributed by atoms with Crippen molar-refractivity contribution in [2.45, 2.75) is 25.9 Å². The number of β-amino-alcohol motifs (C(OH)–C–C–N with tert-alkyl or cyclic N) is 1. The standard InChI is InChI=1S/C23H31N5O4.3ClH/c1-14-9-17(24)21(25)20(10-14)32-13-16(29)11-28-7-5-15(6-8-28)12-31-19-4-2-3-18-22(19)27-23(30)26-18;;;/h2-4,9-10,15-16,29H,5-8,11-13,24-25H2,1H3,(H2,26,27,30);3*1H. The number of nitrogens with zero attached hydrogens (tertiary/aromatic N) is 1. The fourth-order valence-corrected chi connectivity index (χ4v) is 4.14. The Morgan fingerprint density at radius 3 is 2.51 bits per heavy atom. The van der Waals surface area contributed by atoms with Gasteiger partial charge in [-0.1, -0.05) is 6.07 Å². The number of benzene rings is 2. The van der Waals surface area contributed by atoms with Crippen molar-refractivity contribution < 1.29 is 14.6 Å². The van der Waals surface area contributed by atoms with Crippen molar-refractivity contribution in [3.05, 3.63) is 46.4 Å². The number of rotatable bonds is 8. The van der Waals surface area contributed by atoms with E-state index >= 15 is 0 Å². The number of aliphatic hydroxyl groups excluding tert-OH is 1. The SMILES string of the molecule is Cc1cc(N)c(N)c(OCC(O)CN2CCC(COc3cccc4[nH]c(=O)[nH]c34)CC2)c1.Cl.Cl.Cl. The number of aromatic nitrogens is 2. The summed E-state index contributed by atoms with van der Waals surface area (Å²) in [5.41, 5.74) is 14.9. The Hall–Kier alpha value is -2.30. The summed E-state index contributed by atoms with van der Waals surface area (Å²) in [6.45, 7) is 4.99. The van der Waals surface area contributed by atoms with Crippen LogP contribution in [0.2, 0.25) is 0 Å². The number of nitrogen functional groups attached to an aromatic ring is 2. The fraction of sp³-hybridized carbons (Fsp3) is 0.435. The highest BCUT2D eigenvalue weighted by Crippen LogP contribution is 2.29. The summed E-state index contributed by atoms with van der Waals surface area (Å²) in [5, 5.41) is 10.4. The molecule has 1 unspecified atom stereocenters. The molecule has 2 aromatic carbocycles. The first-order valence-corrected chi connectivity index (χ1v) is 10.9. The van der Waals surface area contributed by atoms with Crippen LogP contribution >= 0.6 is 37.2 Å². The summed E-state index contributed by atoms with van der Waals surface area (Å²) in [6.07, 6.45) is 1.34. The summed E-state index contributed by atoms with van der Waals surface area (Å²) >= 11 is 0. The minimum Gasteiger partial charge on any atom is -0.491 e. The van der Waals surface area contributed by atoms with Crippen molar-refractivity contribution >= 4 is 59.6 Å². The number of nitrogens with one attached hydrogen (secondary N) is 2. The molecule has 1 saturated heterocycles. The predicted molar refractivity (Wildman–Crippen MR) is 147 cm³/mol. The molecule has 35 heavy (non-hydrogen) atoms. The summed E-state index contributed by atoms with van der Waals surface area (Å²) in [7, 11) is 0. The van der Waals surface area contributed by atoms with Crippen LogP contribution in [0.4, 0.5) is 11.4 Å². The van der Waals surface area contributed by atoms with Gasteiger partial charge in [0.1, 0.15) is 29.7 Å². The van der Waals surface area contributed by atoms with Gasteiger partial charge in [0.25, 0.3) is 0 Å². The topological polar surface area (TPSA) is 143 Å². The highest BCUT2D eigenvalue weighted by Gasteiger charge is 2.22. The molecule has 1 aromatic heterocycles. The molecule has 0 radical (unpaired) electrons. The van der Waals surface area contributed by atoms with Gasteiger partial charge >= 0.3 is 5.69 Å². The molecule has 1 aliphatic heterocycles. The van der Waals surface area contributed by atoms with Gasteiger partial charge in [0.15, 0.2) is 0 Å². The number of hydrogen-bond acceptors (Lipinski definition) is 7. The molecule has 196 valence electrons. The van der Waals surface area contributed by atoms with E-state index < -0.39 is 6.10 Å². The molecule has 1 atom stereocenters. The zero-order valence-electron chi connectivity index (χ0n) is 19.5. The van der Waals surface area contributed by atoms with Gasteiger partial charge in [0, 0.05) is 6.54 Å². The number of aromatic amines is 2. The van der Waals surface area contributed by atoms with Crippen LogP contribution < -0.4 is 26.6 Å². The van der Waals surface area contributed by atoms with E-state index in [1.807, 2.05) is 31.2 Å². The van der Waals surface area contributed by atoms with Crippen molar-refractivity contribution in [3.8, 4) is 11.5 Å². The zero-order valence-corrected chi connectivity index (χ0v) is 21.9. The lowest BCUT2D eigenvalue weighted by molar-refractivity contribution is 0.0506. The van der Waals surface area contributed by atoms with E-state index in [0.29, 0.717) is 47.5 Å². The van der Waals surface area contributed by atoms with E-state index in [2.05, 4.69) is 14.9 Å². The number of H-pyrrole nitrogens is 2. The number of likely N-dealkylation sites (tertiary alicyclic amines) is 1. The Kier molecular flexibility index (Phi) is 12.0. The Morgan fingerprint density at radius 2 is 1.80 bits per heavy atom. The summed E-state index contributed by atoms with van der Waals surface area (Å²) < 4.78 is 11.7. The highest BCUT2D eigenvalue weighted by atomic mass is 35.5. The second kappa shape index (κ2) is 13.7. The molecule has 0 bridgehead atoms. The molecule has 0 aliphatic carbocycles. The van der Waals surface area contributed by atoms with Gasteiger partial charge in [0.2, 0.25) is 0 Å². The quantitative estimate of drug-likeness (QED) is 0.271. The number of hydrogen-bond donors (Lipinski definition) is 5. The molecule has 0 amide bonds. The Balaban J connectivity index is 0.00000204. The second-order valence-corrected chi connectivity index (χ2v) is 8.54. The number of ether oxygens (including phenoxy) is 2. The molecule has 0 spiro atoms. The molecule has 7 N–H and O–H groups in total. The smallest absolute Gasteiger partial charge is 0.323 e. The van der Waals surface area contributed by atoms with E-state index in [9.17, 15) is 9.90 Å². The number of piperidine rings is 1. The van der Waals surface area contributed by atoms with E-state index in [4.69, 9.17) is 20.9 Å². The third-order valence-electron chi connectivity index (χ3n) is 5.91. The lowest BCUT2D eigenvalue weighted by atomic mass is 9.97. The van der Waals surface area contributed by atoms with Gasteiger partial charge in [-0.15, -0.1) is 37.2 Å². The first-order chi connectivity index (χ1) is 15.4. The minimum atomic E-state index is -0.619. The molecule has 12 heteroatoms. The maximum Gasteiger partial charge on any atom is 0.323 e. The van der Waals surface area contributed by atoms with Gasteiger partial charge in [-0.05, 0) is 68.6 Å². The van der Waals surface area contributed by atoms with Gasteiger partial charge in [-0.3, -0.25) is 0 Å². The number of para-hydroxylation sites is 1. The van der Waals surface area contributed by atoms with Crippen LogP contribution in [0.15, 0.2) is 35.1 Å². The largest absolute Gasteiger partial charge is 0.491 e. The average Bonchev–Trinajstić information content (AvgIpc) is 3.15. The summed E-state index contributed by atoms with van der Waals surface area (Å²) in [6, 6.07) is 9.20. The van der Waals surface area contributed by atoms with Gasteiger partial charge in [-0.2, -0.15) is 0 Å². The van der Waals surface area contributed by atoms with E-state index in [0.717, 1.165) is 37.0 Å². The Labute approximate surface area is 222 Å². The number of aryl methyl sites for hydroxylation is 1. The van der Waals surface area contributed by atoms with E-state index in [1.54, 1.807) is 6.07 Å². The number of anilines is 2. The van der Waals surface area contributed by atoms with Crippen LogP contribution in [0.25, 0.3) is 11.0 Å². The second-order valence-electron chi connectivity index (χ2n) is 8.54. The zero-order chi connectivity index (χ0) is 22.7. The average molecular weight is 551 g/mol. The highest BCUT2D eigenvalue weighted by molar-refractivity contribution is 5.86. The number of nitrogens with two attached hydrogens (primary N) is 2. The monoisotopic (exact) mass is 549 g/mol. The number of aliphatic hydroxyl groups is 1. The predicted octanol–water partition coefficient (Wildman–Crippen LogP) is 3.13. The number of halogens is 3. The molecular formula is C23H34Cl3N5O4. The molecule has 9 nitrogen and oxygen atoms in total. The van der Waals surface area contributed by atoms with Crippen LogP contribution in [0.3, 0.4) is 0 Å². The lowest BCUT2D eigenvalue weighted by Crippen LogP contribution is -2.41. The fourth-order valence-electron chi connectivity index (χ4n) is 4.14. The molecule has 3 aromatic rings. The van der Waals surface area contributed by atoms with Crippen LogP contribution in [-0.4, -0.2) is 58.9 Å². The van der Waals surface area contributed by atoms with Gasteiger partial charge < -0.3 is 40.9 Å². The van der Waals surface area contributed by atoms with Crippen molar-refractivity contribution in [2.75, 3.05) is 44.3 Å². The first kappa shape index (κ1) is 30.7. The Bertz CT molecular complexity index is 1130. The molecule has 1 aliphatic rings. The molecule has 2 heterocycles. The van der Waals surface area contributed by atoms with Crippen molar-refractivity contribution in [1.82, 2.24) is 14.9 Å². The minimum absolute atomic E-state index is 0. The van der Waals surface area contributed by atoms with E-state index in [-0.39, 0.29) is 49.5 Å². The van der Waals surface area contributed by atoms with Gasteiger partial charge in [-0.25, -0.2) is 4.79 Å². The van der Waals surface area contributed by atoms with Crippen LogP contribution in [0, 0.1) is 12.8 Å². The summed E-state index contributed by atoms with van der Waals surface area (Å²) in [5.74, 6) is 1.62. The third kappa shape index (κ3) is 7.85. The third-order valence-corrected chi connectivity index (χ3v) is 5.91. The molecule has 4 rings (SSSR count). The van der Waals surface area contributed by atoms with Crippen LogP contribution in [0.1, 0.15) is 18.4 Å². The number of fused-ring (bicyclic) bond motifs is 1. The van der Waals surface area contributed by atoms with Crippen molar-refractivity contribution in [2.24, 2.45) is 5.92 Å². The van der Waals surface area contributed by atoms with Crippen molar-refractivity contribution in [1.29, 1.82) is 0 Å². The maximum atomic E-state index is 11.5. The maximum absolute atomic E-state index is 11.5. The van der Waals surface area contributed by atoms with Crippen LogP contribution in [0.5, 0.6) is 11.5 Å². The van der Waals surface area contributed by atoms with E-state index in [1.165, 1.54) is 0 Å². The van der Waals surface area contributed by atoms with Crippen LogP contribution in [-0.2, 0) is 0 Å². The number of imidazole rings is 1. The molecule has 0 saturated carbocycles. The van der Waals surface area contributed by atoms with Gasteiger partial charge in [0.05, 0.1) is 23.5 Å². The Morgan fingerprint density at radius 1 is 1.09 bits per heavy atom. The molecular weight excluding hydrogens is 517 g/mol. The first-order valence-electron chi connectivity index (χ1n) is 10.9. The summed E-state index contributed by atoms with van der Waals surface area (Å²) in [4.78, 5) is 19.3. The van der Waals surface area contributed by atoms with Crippen molar-refractivity contribution in [3.63, 3.8) is 0 Å². The lowest BCUT2D eigenvalue weighted by Gasteiger charge is -2.33. The normalized spacial score (nSPS) is 14.9. The molecule has 1 fully saturated rings.